The van der Waals surface area contributed by atoms with Gasteiger partial charge in [0, 0.05) is 18.8 Å². The molecule has 3 nitrogen and oxygen atoms in total. The number of unbranched alkanes of at least 4 members (excludes halogenated alkanes) is 2. The van der Waals surface area contributed by atoms with Crippen LogP contribution < -0.4 is 4.90 Å². The predicted octanol–water partition coefficient (Wildman–Crippen LogP) is 4.10. The van der Waals surface area contributed by atoms with E-state index in [1.807, 2.05) is 18.2 Å². The fourth-order valence-electron chi connectivity index (χ4n) is 1.85. The molecule has 1 aromatic carbocycles. The molecule has 0 fully saturated rings. The first-order valence-electron chi connectivity index (χ1n) is 7.24. The van der Waals surface area contributed by atoms with Gasteiger partial charge in [0.15, 0.2) is 0 Å². The summed E-state index contributed by atoms with van der Waals surface area (Å²) in [5.41, 5.74) is 1.15. The third-order valence-electron chi connectivity index (χ3n) is 2.98. The Balaban J connectivity index is 2.84. The second-order valence-electron chi connectivity index (χ2n) is 4.56. The smallest absolute Gasteiger partial charge is 0.291 e. The summed E-state index contributed by atoms with van der Waals surface area (Å²) in [5.74, 6) is 0. The molecule has 0 atom stereocenters. The first-order valence-corrected chi connectivity index (χ1v) is 7.24. The molecule has 106 valence electrons. The normalized spacial score (nSPS) is 11.4. The van der Waals surface area contributed by atoms with E-state index in [9.17, 15) is 0 Å². The summed E-state index contributed by atoms with van der Waals surface area (Å²) < 4.78 is 5.49. The largest absolute Gasteiger partial charge is 0.468 e. The van der Waals surface area contributed by atoms with Crippen LogP contribution in [0.4, 0.5) is 5.69 Å². The average molecular weight is 262 g/mol. The van der Waals surface area contributed by atoms with Crippen molar-refractivity contribution < 1.29 is 4.74 Å². The predicted molar refractivity (Wildman–Crippen MR) is 82.9 cm³/mol. The number of benzene rings is 1. The average Bonchev–Trinajstić information content (AvgIpc) is 2.47. The van der Waals surface area contributed by atoms with Gasteiger partial charge in [-0.2, -0.15) is 0 Å². The maximum atomic E-state index is 5.49. The lowest BCUT2D eigenvalue weighted by Crippen LogP contribution is -2.33. The molecule has 1 rings (SSSR count). The van der Waals surface area contributed by atoms with E-state index in [0.29, 0.717) is 0 Å². The second kappa shape index (κ2) is 9.42. The topological polar surface area (TPSA) is 24.8 Å². The molecule has 19 heavy (non-hydrogen) atoms. The minimum absolute atomic E-state index is 0.730. The zero-order chi connectivity index (χ0) is 13.9. The number of hydrogen-bond donors (Lipinski definition) is 0. The van der Waals surface area contributed by atoms with Gasteiger partial charge >= 0.3 is 0 Å². The first-order chi connectivity index (χ1) is 9.33. The zero-order valence-corrected chi connectivity index (χ0v) is 12.4. The summed E-state index contributed by atoms with van der Waals surface area (Å²) in [6.07, 6.45) is 4.55. The van der Waals surface area contributed by atoms with Crippen molar-refractivity contribution in [2.75, 3.05) is 25.1 Å². The van der Waals surface area contributed by atoms with Gasteiger partial charge in [0.2, 0.25) is 0 Å². The summed E-state index contributed by atoms with van der Waals surface area (Å²) in [6, 6.07) is 11.1. The fraction of sp³-hybridized carbons (Fsp3) is 0.562. The SMILES string of the molecule is CCCCN=C(OC)N(CCCC)c1ccccc1. The lowest BCUT2D eigenvalue weighted by molar-refractivity contribution is 0.387. The highest BCUT2D eigenvalue weighted by molar-refractivity contribution is 5.91. The molecular formula is C16H26N2O. The van der Waals surface area contributed by atoms with Crippen LogP contribution in [0.5, 0.6) is 0 Å². The number of amidine groups is 1. The van der Waals surface area contributed by atoms with Gasteiger partial charge in [-0.05, 0) is 25.0 Å². The Labute approximate surface area is 117 Å². The molecule has 0 aliphatic carbocycles. The van der Waals surface area contributed by atoms with Gasteiger partial charge in [-0.3, -0.25) is 4.90 Å². The van der Waals surface area contributed by atoms with Crippen LogP contribution in [0.15, 0.2) is 35.3 Å². The molecule has 0 saturated carbocycles. The van der Waals surface area contributed by atoms with E-state index in [-0.39, 0.29) is 0 Å². The van der Waals surface area contributed by atoms with Crippen LogP contribution in [0, 0.1) is 0 Å². The van der Waals surface area contributed by atoms with Gasteiger partial charge in [-0.1, -0.05) is 44.9 Å². The highest BCUT2D eigenvalue weighted by Crippen LogP contribution is 2.15. The molecule has 0 bridgehead atoms. The van der Waals surface area contributed by atoms with Crippen molar-refractivity contribution >= 4 is 11.7 Å². The van der Waals surface area contributed by atoms with Crippen LogP contribution in [-0.4, -0.2) is 26.2 Å². The van der Waals surface area contributed by atoms with E-state index in [1.54, 1.807) is 7.11 Å². The molecule has 0 heterocycles. The van der Waals surface area contributed by atoms with E-state index in [2.05, 4.69) is 35.9 Å². The molecule has 0 saturated heterocycles. The van der Waals surface area contributed by atoms with Crippen molar-refractivity contribution in [3.63, 3.8) is 0 Å². The molecule has 0 unspecified atom stereocenters. The van der Waals surface area contributed by atoms with Crippen LogP contribution in [0.2, 0.25) is 0 Å². The maximum absolute atomic E-state index is 5.49. The standard InChI is InChI=1S/C16H26N2O/c1-4-6-13-17-16(19-3)18(14-7-5-2)15-11-9-8-10-12-15/h8-12H,4-7,13-14H2,1-3H3. The second-order valence-corrected chi connectivity index (χ2v) is 4.56. The minimum atomic E-state index is 0.730. The third-order valence-corrected chi connectivity index (χ3v) is 2.98. The molecule has 0 radical (unpaired) electrons. The van der Waals surface area contributed by atoms with Crippen molar-refractivity contribution in [1.82, 2.24) is 0 Å². The Morgan fingerprint density at radius 2 is 1.79 bits per heavy atom. The zero-order valence-electron chi connectivity index (χ0n) is 12.4. The lowest BCUT2D eigenvalue weighted by Gasteiger charge is -2.24. The third kappa shape index (κ3) is 5.33. The number of aliphatic imine (C=N–C) groups is 1. The number of anilines is 1. The molecule has 0 spiro atoms. The van der Waals surface area contributed by atoms with Gasteiger partial charge in [0.25, 0.3) is 6.02 Å². The Kier molecular flexibility index (Phi) is 7.71. The molecule has 1 aromatic rings. The van der Waals surface area contributed by atoms with Crippen LogP contribution in [0.1, 0.15) is 39.5 Å². The van der Waals surface area contributed by atoms with Gasteiger partial charge in [0.1, 0.15) is 0 Å². The Bertz CT molecular complexity index is 362. The maximum Gasteiger partial charge on any atom is 0.291 e. The van der Waals surface area contributed by atoms with Gasteiger partial charge in [-0.15, -0.1) is 0 Å². The molecule has 3 heteroatoms. The van der Waals surface area contributed by atoms with Gasteiger partial charge < -0.3 is 4.74 Å². The summed E-state index contributed by atoms with van der Waals surface area (Å²) in [6.45, 7) is 6.15. The fourth-order valence-corrected chi connectivity index (χ4v) is 1.85. The van der Waals surface area contributed by atoms with Crippen molar-refractivity contribution in [3.05, 3.63) is 30.3 Å². The summed E-state index contributed by atoms with van der Waals surface area (Å²) in [7, 11) is 1.70. The quantitative estimate of drug-likeness (QED) is 0.420. The highest BCUT2D eigenvalue weighted by atomic mass is 16.5. The van der Waals surface area contributed by atoms with Crippen molar-refractivity contribution in [2.24, 2.45) is 4.99 Å². The van der Waals surface area contributed by atoms with Gasteiger partial charge in [-0.25, -0.2) is 4.99 Å². The number of nitrogens with zero attached hydrogens (tertiary/aromatic N) is 2. The van der Waals surface area contributed by atoms with E-state index in [0.717, 1.165) is 50.5 Å². The number of ether oxygens (including phenoxy) is 1. The van der Waals surface area contributed by atoms with E-state index < -0.39 is 0 Å². The Hall–Kier alpha value is -1.51. The van der Waals surface area contributed by atoms with Gasteiger partial charge in [0.05, 0.1) is 7.11 Å². The molecular weight excluding hydrogens is 236 g/mol. The summed E-state index contributed by atoms with van der Waals surface area (Å²) >= 11 is 0. The molecule has 0 aromatic heterocycles. The number of para-hydroxylation sites is 1. The highest BCUT2D eigenvalue weighted by Gasteiger charge is 2.13. The number of rotatable bonds is 7. The van der Waals surface area contributed by atoms with Crippen LogP contribution in [-0.2, 0) is 4.74 Å². The lowest BCUT2D eigenvalue weighted by atomic mass is 10.2. The summed E-state index contributed by atoms with van der Waals surface area (Å²) in [5, 5.41) is 0. The molecule has 0 aliphatic rings. The van der Waals surface area contributed by atoms with E-state index >= 15 is 0 Å². The number of hydrogen-bond acceptors (Lipinski definition) is 2. The van der Waals surface area contributed by atoms with Crippen LogP contribution >= 0.6 is 0 Å². The molecule has 0 amide bonds. The molecule has 0 N–H and O–H groups in total. The monoisotopic (exact) mass is 262 g/mol. The number of methoxy groups -OCH3 is 1. The van der Waals surface area contributed by atoms with E-state index in [4.69, 9.17) is 4.74 Å². The first kappa shape index (κ1) is 15.5. The minimum Gasteiger partial charge on any atom is -0.468 e. The Morgan fingerprint density at radius 1 is 1.11 bits per heavy atom. The van der Waals surface area contributed by atoms with Crippen molar-refractivity contribution in [1.29, 1.82) is 0 Å². The molecule has 0 aliphatic heterocycles. The van der Waals surface area contributed by atoms with E-state index in [1.165, 1.54) is 0 Å². The van der Waals surface area contributed by atoms with Crippen LogP contribution in [0.3, 0.4) is 0 Å². The van der Waals surface area contributed by atoms with Crippen molar-refractivity contribution in [3.8, 4) is 0 Å². The van der Waals surface area contributed by atoms with Crippen molar-refractivity contribution in [2.45, 2.75) is 39.5 Å². The summed E-state index contributed by atoms with van der Waals surface area (Å²) in [4.78, 5) is 6.75. The Morgan fingerprint density at radius 3 is 2.37 bits per heavy atom. The van der Waals surface area contributed by atoms with Crippen LogP contribution in [0.25, 0.3) is 0 Å².